The average Bonchev–Trinajstić information content (AvgIpc) is 3.07. The van der Waals surface area contributed by atoms with Crippen molar-refractivity contribution >= 4 is 11.0 Å². The predicted octanol–water partition coefficient (Wildman–Crippen LogP) is 3.06. The van der Waals surface area contributed by atoms with Gasteiger partial charge in [-0.1, -0.05) is 18.2 Å². The number of nitrogens with zero attached hydrogens (tertiary/aromatic N) is 2. The predicted molar refractivity (Wildman–Crippen MR) is 79.5 cm³/mol. The minimum atomic E-state index is 0.273. The zero-order valence-corrected chi connectivity index (χ0v) is 11.8. The summed E-state index contributed by atoms with van der Waals surface area (Å²) in [6.45, 7) is 0. The van der Waals surface area contributed by atoms with Gasteiger partial charge in [-0.2, -0.15) is 0 Å². The summed E-state index contributed by atoms with van der Waals surface area (Å²) in [5.74, 6) is 1.11. The Bertz CT molecular complexity index is 698. The third-order valence-corrected chi connectivity index (χ3v) is 3.81. The van der Waals surface area contributed by atoms with Crippen molar-refractivity contribution < 1.29 is 4.42 Å². The molecule has 0 bridgehead atoms. The van der Waals surface area contributed by atoms with E-state index >= 15 is 0 Å². The van der Waals surface area contributed by atoms with Crippen LogP contribution in [-0.2, 0) is 13.5 Å². The van der Waals surface area contributed by atoms with Crippen LogP contribution in [0.3, 0.4) is 0 Å². The summed E-state index contributed by atoms with van der Waals surface area (Å²) in [7, 11) is 4.02. The monoisotopic (exact) mass is 269 g/mol. The van der Waals surface area contributed by atoms with E-state index in [0.29, 0.717) is 0 Å². The minimum absolute atomic E-state index is 0.273. The first-order valence-electron chi connectivity index (χ1n) is 6.89. The van der Waals surface area contributed by atoms with Crippen LogP contribution in [-0.4, -0.2) is 16.6 Å². The summed E-state index contributed by atoms with van der Waals surface area (Å²) >= 11 is 0. The van der Waals surface area contributed by atoms with Crippen LogP contribution in [0.25, 0.3) is 11.0 Å². The average molecular weight is 269 g/mol. The molecule has 104 valence electrons. The molecule has 3 rings (SSSR count). The molecule has 0 spiro atoms. The van der Waals surface area contributed by atoms with Crippen LogP contribution in [0, 0.1) is 0 Å². The number of imidazole rings is 1. The van der Waals surface area contributed by atoms with Crippen molar-refractivity contribution in [2.24, 2.45) is 7.05 Å². The molecular weight excluding hydrogens is 250 g/mol. The van der Waals surface area contributed by atoms with E-state index in [1.165, 1.54) is 10.9 Å². The lowest BCUT2D eigenvalue weighted by molar-refractivity contribution is 0.524. The van der Waals surface area contributed by atoms with Crippen molar-refractivity contribution in [3.05, 3.63) is 54.3 Å². The number of aryl methyl sites for hydroxylation is 2. The topological polar surface area (TPSA) is 43.0 Å². The van der Waals surface area contributed by atoms with E-state index in [1.54, 1.807) is 0 Å². The Kier molecular flexibility index (Phi) is 3.56. The number of furan rings is 1. The quantitative estimate of drug-likeness (QED) is 0.774. The van der Waals surface area contributed by atoms with Gasteiger partial charge in [-0.15, -0.1) is 0 Å². The van der Waals surface area contributed by atoms with Gasteiger partial charge in [0, 0.05) is 42.9 Å². The van der Waals surface area contributed by atoms with Crippen molar-refractivity contribution in [2.45, 2.75) is 18.9 Å². The molecule has 2 aromatic heterocycles. The second-order valence-corrected chi connectivity index (χ2v) is 5.02. The molecule has 4 nitrogen and oxygen atoms in total. The first-order valence-corrected chi connectivity index (χ1v) is 6.89. The van der Waals surface area contributed by atoms with Gasteiger partial charge in [0.25, 0.3) is 0 Å². The second-order valence-electron chi connectivity index (χ2n) is 5.02. The lowest BCUT2D eigenvalue weighted by Gasteiger charge is -2.14. The molecule has 0 saturated carbocycles. The van der Waals surface area contributed by atoms with E-state index in [-0.39, 0.29) is 6.04 Å². The van der Waals surface area contributed by atoms with Crippen molar-refractivity contribution in [1.82, 2.24) is 14.9 Å². The van der Waals surface area contributed by atoms with Gasteiger partial charge in [0.2, 0.25) is 0 Å². The highest BCUT2D eigenvalue weighted by Crippen LogP contribution is 2.28. The fourth-order valence-corrected chi connectivity index (χ4v) is 2.63. The van der Waals surface area contributed by atoms with Gasteiger partial charge >= 0.3 is 0 Å². The Morgan fingerprint density at radius 1 is 1.35 bits per heavy atom. The Labute approximate surface area is 118 Å². The number of nitrogens with one attached hydrogen (secondary N) is 1. The highest BCUT2D eigenvalue weighted by molar-refractivity contribution is 5.81. The summed E-state index contributed by atoms with van der Waals surface area (Å²) in [6, 6.07) is 8.43. The van der Waals surface area contributed by atoms with Gasteiger partial charge < -0.3 is 14.3 Å². The van der Waals surface area contributed by atoms with E-state index in [9.17, 15) is 0 Å². The first-order chi connectivity index (χ1) is 9.79. The van der Waals surface area contributed by atoms with Crippen molar-refractivity contribution in [2.75, 3.05) is 7.05 Å². The van der Waals surface area contributed by atoms with Crippen LogP contribution in [0.5, 0.6) is 0 Å². The Balaban J connectivity index is 1.81. The molecule has 0 aliphatic heterocycles. The molecule has 4 heteroatoms. The molecule has 0 fully saturated rings. The highest BCUT2D eigenvalue weighted by Gasteiger charge is 2.16. The number of para-hydroxylation sites is 1. The lowest BCUT2D eigenvalue weighted by atomic mass is 10.0. The Morgan fingerprint density at radius 3 is 2.95 bits per heavy atom. The van der Waals surface area contributed by atoms with Gasteiger partial charge in [0.15, 0.2) is 0 Å². The number of rotatable bonds is 5. The lowest BCUT2D eigenvalue weighted by Crippen LogP contribution is -2.17. The number of hydrogen-bond acceptors (Lipinski definition) is 3. The van der Waals surface area contributed by atoms with Crippen LogP contribution in [0.4, 0.5) is 0 Å². The van der Waals surface area contributed by atoms with Crippen LogP contribution >= 0.6 is 0 Å². The molecule has 0 saturated heterocycles. The number of hydrogen-bond donors (Lipinski definition) is 1. The second kappa shape index (κ2) is 5.51. The van der Waals surface area contributed by atoms with E-state index in [2.05, 4.69) is 20.9 Å². The molecule has 0 aliphatic carbocycles. The fourth-order valence-electron chi connectivity index (χ4n) is 2.63. The van der Waals surface area contributed by atoms with Crippen molar-refractivity contribution in [1.29, 1.82) is 0 Å². The first kappa shape index (κ1) is 12.9. The van der Waals surface area contributed by atoms with Gasteiger partial charge in [-0.25, -0.2) is 4.98 Å². The summed E-state index contributed by atoms with van der Waals surface area (Å²) in [4.78, 5) is 4.38. The van der Waals surface area contributed by atoms with E-state index in [4.69, 9.17) is 4.42 Å². The Morgan fingerprint density at radius 2 is 2.20 bits per heavy atom. The van der Waals surface area contributed by atoms with Crippen LogP contribution < -0.4 is 5.32 Å². The van der Waals surface area contributed by atoms with Gasteiger partial charge in [0.1, 0.15) is 11.4 Å². The third-order valence-electron chi connectivity index (χ3n) is 3.81. The standard InChI is InChI=1S/C16H19N3O/c1-17-14(7-8-16-18-9-10-19(16)2)13-11-20-15-6-4-3-5-12(13)15/h3-6,9-11,14,17H,7-8H2,1-2H3. The maximum atomic E-state index is 5.63. The molecule has 1 aromatic carbocycles. The minimum Gasteiger partial charge on any atom is -0.464 e. The van der Waals surface area contributed by atoms with Crippen molar-refractivity contribution in [3.63, 3.8) is 0 Å². The van der Waals surface area contributed by atoms with Crippen LogP contribution in [0.1, 0.15) is 23.9 Å². The zero-order valence-electron chi connectivity index (χ0n) is 11.8. The maximum Gasteiger partial charge on any atom is 0.134 e. The number of fused-ring (bicyclic) bond motifs is 1. The molecule has 3 aromatic rings. The zero-order chi connectivity index (χ0) is 13.9. The largest absolute Gasteiger partial charge is 0.464 e. The smallest absolute Gasteiger partial charge is 0.134 e. The number of benzene rings is 1. The summed E-state index contributed by atoms with van der Waals surface area (Å²) in [5, 5.41) is 4.57. The molecule has 2 heterocycles. The molecule has 1 N–H and O–H groups in total. The van der Waals surface area contributed by atoms with Crippen LogP contribution in [0.2, 0.25) is 0 Å². The van der Waals surface area contributed by atoms with E-state index in [1.807, 2.05) is 51.0 Å². The molecule has 0 radical (unpaired) electrons. The molecule has 1 atom stereocenters. The molecule has 0 amide bonds. The normalized spacial score (nSPS) is 12.9. The highest BCUT2D eigenvalue weighted by atomic mass is 16.3. The number of aromatic nitrogens is 2. The van der Waals surface area contributed by atoms with Crippen LogP contribution in [0.15, 0.2) is 47.3 Å². The molecule has 1 unspecified atom stereocenters. The van der Waals surface area contributed by atoms with E-state index < -0.39 is 0 Å². The molecule has 20 heavy (non-hydrogen) atoms. The summed E-state index contributed by atoms with van der Waals surface area (Å²) in [5.41, 5.74) is 2.16. The molecule has 0 aliphatic rings. The summed E-state index contributed by atoms with van der Waals surface area (Å²) < 4.78 is 7.70. The maximum absolute atomic E-state index is 5.63. The van der Waals surface area contributed by atoms with E-state index in [0.717, 1.165) is 24.2 Å². The third kappa shape index (κ3) is 2.34. The van der Waals surface area contributed by atoms with Crippen molar-refractivity contribution in [3.8, 4) is 0 Å². The van der Waals surface area contributed by atoms with Gasteiger partial charge in [-0.05, 0) is 19.5 Å². The fraction of sp³-hybridized carbons (Fsp3) is 0.312. The SMILES string of the molecule is CNC(CCc1nccn1C)c1coc2ccccc12. The van der Waals surface area contributed by atoms with Gasteiger partial charge in [-0.3, -0.25) is 0 Å². The Hall–Kier alpha value is -2.07. The van der Waals surface area contributed by atoms with Gasteiger partial charge in [0.05, 0.1) is 6.26 Å². The molecular formula is C16H19N3O. The summed E-state index contributed by atoms with van der Waals surface area (Å²) in [6.07, 6.45) is 7.62.